The van der Waals surface area contributed by atoms with Crippen LogP contribution in [0.3, 0.4) is 0 Å². The van der Waals surface area contributed by atoms with Crippen molar-refractivity contribution in [3.63, 3.8) is 0 Å². The van der Waals surface area contributed by atoms with Crippen molar-refractivity contribution in [2.24, 2.45) is 0 Å². The number of hydrogen-bond donors (Lipinski definition) is 1. The van der Waals surface area contributed by atoms with Crippen LogP contribution in [0.4, 0.5) is 5.69 Å². The third kappa shape index (κ3) is 1.01. The molecule has 1 heterocycles. The van der Waals surface area contributed by atoms with Crippen LogP contribution in [0.1, 0.15) is 5.56 Å². The molecule has 1 aromatic carbocycles. The van der Waals surface area contributed by atoms with E-state index in [9.17, 15) is 0 Å². The highest BCUT2D eigenvalue weighted by molar-refractivity contribution is 5.84. The van der Waals surface area contributed by atoms with Gasteiger partial charge in [-0.25, -0.2) is 0 Å². The molecule has 2 heteroatoms. The zero-order chi connectivity index (χ0) is 8.55. The number of nitrogen functional groups attached to an aromatic ring is 1. The summed E-state index contributed by atoms with van der Waals surface area (Å²) in [6.45, 7) is 2.07. The summed E-state index contributed by atoms with van der Waals surface area (Å²) in [7, 11) is 0. The minimum Gasteiger partial charge on any atom is -0.399 e. The predicted molar refractivity (Wildman–Crippen MR) is 50.9 cm³/mol. The van der Waals surface area contributed by atoms with Crippen molar-refractivity contribution in [2.45, 2.75) is 6.92 Å². The van der Waals surface area contributed by atoms with Gasteiger partial charge in [0.1, 0.15) is 0 Å². The monoisotopic (exact) mass is 158 g/mol. The maximum Gasteiger partial charge on any atom is 0.0725 e. The maximum atomic E-state index is 5.63. The highest BCUT2D eigenvalue weighted by Gasteiger charge is 1.96. The number of hydrogen-bond acceptors (Lipinski definition) is 2. The van der Waals surface area contributed by atoms with Crippen molar-refractivity contribution in [1.29, 1.82) is 0 Å². The molecule has 1 aromatic heterocycles. The van der Waals surface area contributed by atoms with Crippen LogP contribution in [-0.4, -0.2) is 4.98 Å². The van der Waals surface area contributed by atoms with E-state index in [0.29, 0.717) is 0 Å². The Bertz CT molecular complexity index is 421. The van der Waals surface area contributed by atoms with Gasteiger partial charge in [-0.3, -0.25) is 4.98 Å². The lowest BCUT2D eigenvalue weighted by Gasteiger charge is -2.00. The van der Waals surface area contributed by atoms with Crippen molar-refractivity contribution in [3.8, 4) is 0 Å². The Hall–Kier alpha value is -1.57. The first-order valence-electron chi connectivity index (χ1n) is 3.88. The molecule has 0 atom stereocenters. The highest BCUT2D eigenvalue weighted by Crippen LogP contribution is 2.17. The molecule has 12 heavy (non-hydrogen) atoms. The van der Waals surface area contributed by atoms with Crippen molar-refractivity contribution < 1.29 is 0 Å². The highest BCUT2D eigenvalue weighted by atomic mass is 14.7. The molecule has 0 spiro atoms. The number of nitrogens with two attached hydrogens (primary N) is 1. The zero-order valence-corrected chi connectivity index (χ0v) is 6.91. The molecule has 0 aliphatic heterocycles. The SMILES string of the molecule is Cc1ccnc2cc(N)ccc12. The molecule has 0 radical (unpaired) electrons. The van der Waals surface area contributed by atoms with Crippen molar-refractivity contribution >= 4 is 16.6 Å². The molecule has 0 saturated heterocycles. The molecule has 0 aliphatic rings. The van der Waals surface area contributed by atoms with Crippen molar-refractivity contribution in [3.05, 3.63) is 36.0 Å². The second-order valence-electron chi connectivity index (χ2n) is 2.90. The summed E-state index contributed by atoms with van der Waals surface area (Å²) in [6, 6.07) is 7.80. The lowest BCUT2D eigenvalue weighted by atomic mass is 10.1. The molecule has 0 fully saturated rings. The molecule has 0 amide bonds. The van der Waals surface area contributed by atoms with Gasteiger partial charge in [-0.2, -0.15) is 0 Å². The van der Waals surface area contributed by atoms with E-state index in [1.54, 1.807) is 6.20 Å². The number of nitrogens with zero attached hydrogens (tertiary/aromatic N) is 1. The van der Waals surface area contributed by atoms with Crippen LogP contribution >= 0.6 is 0 Å². The van der Waals surface area contributed by atoms with Crippen LogP contribution in [0.5, 0.6) is 0 Å². The Balaban J connectivity index is 2.86. The Labute approximate surface area is 71.0 Å². The van der Waals surface area contributed by atoms with Gasteiger partial charge in [0.15, 0.2) is 0 Å². The summed E-state index contributed by atoms with van der Waals surface area (Å²) >= 11 is 0. The second kappa shape index (κ2) is 2.48. The zero-order valence-electron chi connectivity index (χ0n) is 6.91. The van der Waals surface area contributed by atoms with Crippen LogP contribution < -0.4 is 5.73 Å². The fourth-order valence-corrected chi connectivity index (χ4v) is 1.31. The first kappa shape index (κ1) is 7.10. The second-order valence-corrected chi connectivity index (χ2v) is 2.90. The van der Waals surface area contributed by atoms with Crippen LogP contribution in [0, 0.1) is 6.92 Å². The molecule has 60 valence electrons. The number of aryl methyl sites for hydroxylation is 1. The van der Waals surface area contributed by atoms with Gasteiger partial charge in [-0.05, 0) is 30.7 Å². The lowest BCUT2D eigenvalue weighted by molar-refractivity contribution is 1.37. The summed E-state index contributed by atoms with van der Waals surface area (Å²) in [5.74, 6) is 0. The lowest BCUT2D eigenvalue weighted by Crippen LogP contribution is -1.86. The molecule has 0 unspecified atom stereocenters. The smallest absolute Gasteiger partial charge is 0.0725 e. The minimum atomic E-state index is 0.764. The number of anilines is 1. The van der Waals surface area contributed by atoms with E-state index in [1.807, 2.05) is 24.3 Å². The molecule has 2 nitrogen and oxygen atoms in total. The summed E-state index contributed by atoms with van der Waals surface area (Å²) < 4.78 is 0. The molecular weight excluding hydrogens is 148 g/mol. The largest absolute Gasteiger partial charge is 0.399 e. The molecule has 2 rings (SSSR count). The molecule has 0 aliphatic carbocycles. The standard InChI is InChI=1S/C10H10N2/c1-7-4-5-12-10-6-8(11)2-3-9(7)10/h2-6H,11H2,1H3. The van der Waals surface area contributed by atoms with Gasteiger partial charge in [0, 0.05) is 17.3 Å². The normalized spacial score (nSPS) is 10.4. The van der Waals surface area contributed by atoms with Gasteiger partial charge >= 0.3 is 0 Å². The van der Waals surface area contributed by atoms with E-state index >= 15 is 0 Å². The maximum absolute atomic E-state index is 5.63. The fraction of sp³-hybridized carbons (Fsp3) is 0.100. The van der Waals surface area contributed by atoms with Crippen LogP contribution in [0.2, 0.25) is 0 Å². The summed E-state index contributed by atoms with van der Waals surface area (Å²) in [6.07, 6.45) is 1.80. The van der Waals surface area contributed by atoms with Crippen LogP contribution in [0.25, 0.3) is 10.9 Å². The van der Waals surface area contributed by atoms with Gasteiger partial charge in [0.25, 0.3) is 0 Å². The van der Waals surface area contributed by atoms with Crippen LogP contribution in [-0.2, 0) is 0 Å². The summed E-state index contributed by atoms with van der Waals surface area (Å²) in [4.78, 5) is 4.22. The number of rotatable bonds is 0. The molecule has 2 N–H and O–H groups in total. The van der Waals surface area contributed by atoms with Crippen molar-refractivity contribution in [2.75, 3.05) is 5.73 Å². The van der Waals surface area contributed by atoms with E-state index in [0.717, 1.165) is 11.2 Å². The number of benzene rings is 1. The Morgan fingerprint density at radius 2 is 2.08 bits per heavy atom. The Morgan fingerprint density at radius 3 is 2.92 bits per heavy atom. The first-order valence-corrected chi connectivity index (χ1v) is 3.88. The molecule has 0 bridgehead atoms. The fourth-order valence-electron chi connectivity index (χ4n) is 1.31. The molecule has 2 aromatic rings. The topological polar surface area (TPSA) is 38.9 Å². The van der Waals surface area contributed by atoms with Gasteiger partial charge in [-0.1, -0.05) is 6.07 Å². The summed E-state index contributed by atoms with van der Waals surface area (Å²) in [5.41, 5.74) is 8.60. The number of pyridine rings is 1. The quantitative estimate of drug-likeness (QED) is 0.596. The number of fused-ring (bicyclic) bond motifs is 1. The van der Waals surface area contributed by atoms with E-state index in [1.165, 1.54) is 10.9 Å². The van der Waals surface area contributed by atoms with E-state index < -0.39 is 0 Å². The van der Waals surface area contributed by atoms with E-state index in [4.69, 9.17) is 5.73 Å². The van der Waals surface area contributed by atoms with Gasteiger partial charge in [-0.15, -0.1) is 0 Å². The Morgan fingerprint density at radius 1 is 1.25 bits per heavy atom. The molecular formula is C10H10N2. The Kier molecular flexibility index (Phi) is 1.47. The summed E-state index contributed by atoms with van der Waals surface area (Å²) in [5, 5.41) is 1.17. The number of aromatic nitrogens is 1. The average Bonchev–Trinajstić information content (AvgIpc) is 2.04. The van der Waals surface area contributed by atoms with E-state index in [-0.39, 0.29) is 0 Å². The average molecular weight is 158 g/mol. The minimum absolute atomic E-state index is 0.764. The van der Waals surface area contributed by atoms with Gasteiger partial charge in [0.05, 0.1) is 5.52 Å². The van der Waals surface area contributed by atoms with Gasteiger partial charge < -0.3 is 5.73 Å². The van der Waals surface area contributed by atoms with E-state index in [2.05, 4.69) is 11.9 Å². The van der Waals surface area contributed by atoms with Gasteiger partial charge in [0.2, 0.25) is 0 Å². The molecule has 0 saturated carbocycles. The third-order valence-corrected chi connectivity index (χ3v) is 1.98. The van der Waals surface area contributed by atoms with Crippen molar-refractivity contribution in [1.82, 2.24) is 4.98 Å². The van der Waals surface area contributed by atoms with Crippen LogP contribution in [0.15, 0.2) is 30.5 Å². The first-order chi connectivity index (χ1) is 5.77. The third-order valence-electron chi connectivity index (χ3n) is 1.98. The predicted octanol–water partition coefficient (Wildman–Crippen LogP) is 2.13.